The van der Waals surface area contributed by atoms with Gasteiger partial charge in [0, 0.05) is 36.8 Å². The summed E-state index contributed by atoms with van der Waals surface area (Å²) in [5.74, 6) is 0.284. The average Bonchev–Trinajstić information content (AvgIpc) is 3.23. The normalized spacial score (nSPS) is 14.7. The van der Waals surface area contributed by atoms with Crippen molar-refractivity contribution >= 4 is 29.1 Å². The number of rotatable bonds is 6. The van der Waals surface area contributed by atoms with Gasteiger partial charge in [-0.25, -0.2) is 0 Å². The number of nitrogens with zero attached hydrogens (tertiary/aromatic N) is 1. The summed E-state index contributed by atoms with van der Waals surface area (Å²) in [6, 6.07) is 10.4. The number of nitrogens with one attached hydrogen (secondary N) is 2. The van der Waals surface area contributed by atoms with E-state index in [4.69, 9.17) is 4.42 Å². The van der Waals surface area contributed by atoms with Crippen LogP contribution in [0.4, 0.5) is 11.4 Å². The molecule has 1 saturated heterocycles. The van der Waals surface area contributed by atoms with Gasteiger partial charge < -0.3 is 20.0 Å². The monoisotopic (exact) mass is 397 g/mol. The Kier molecular flexibility index (Phi) is 6.69. The van der Waals surface area contributed by atoms with E-state index in [1.807, 2.05) is 13.8 Å². The lowest BCUT2D eigenvalue weighted by Gasteiger charge is -2.30. The molecule has 2 heterocycles. The number of amides is 3. The van der Waals surface area contributed by atoms with Crippen LogP contribution in [0.3, 0.4) is 0 Å². The lowest BCUT2D eigenvalue weighted by molar-refractivity contribution is -0.121. The highest BCUT2D eigenvalue weighted by atomic mass is 16.3. The van der Waals surface area contributed by atoms with Crippen LogP contribution in [0.25, 0.3) is 0 Å². The second-order valence-corrected chi connectivity index (χ2v) is 7.76. The first-order chi connectivity index (χ1) is 13.9. The minimum Gasteiger partial charge on any atom is -0.459 e. The van der Waals surface area contributed by atoms with Crippen LogP contribution >= 0.6 is 0 Å². The predicted octanol–water partition coefficient (Wildman–Crippen LogP) is 3.76. The lowest BCUT2D eigenvalue weighted by atomic mass is 9.95. The molecule has 3 amide bonds. The Morgan fingerprint density at radius 1 is 1.03 bits per heavy atom. The fourth-order valence-corrected chi connectivity index (χ4v) is 3.36. The van der Waals surface area contributed by atoms with Gasteiger partial charge in [0.05, 0.1) is 6.26 Å². The molecule has 3 rings (SSSR count). The molecular formula is C22H27N3O4. The van der Waals surface area contributed by atoms with Gasteiger partial charge in [0.25, 0.3) is 5.91 Å². The largest absolute Gasteiger partial charge is 0.459 e. The van der Waals surface area contributed by atoms with E-state index in [0.717, 1.165) is 0 Å². The minimum atomic E-state index is -0.138. The molecule has 0 radical (unpaired) electrons. The SMILES string of the molecule is CC(C)CC(=O)Nc1ccc(NC(=O)C2CCN(C(=O)c3ccco3)CC2)cc1. The zero-order valence-electron chi connectivity index (χ0n) is 16.8. The Morgan fingerprint density at radius 3 is 2.21 bits per heavy atom. The number of carbonyl (C=O) groups excluding carboxylic acids is 3. The molecule has 7 heteroatoms. The van der Waals surface area contributed by atoms with Crippen molar-refractivity contribution in [1.82, 2.24) is 4.90 Å². The third-order valence-electron chi connectivity index (χ3n) is 4.91. The van der Waals surface area contributed by atoms with Crippen LogP contribution in [0.1, 0.15) is 43.7 Å². The molecule has 0 atom stereocenters. The molecule has 2 N–H and O–H groups in total. The summed E-state index contributed by atoms with van der Waals surface area (Å²) in [4.78, 5) is 38.4. The van der Waals surface area contributed by atoms with E-state index in [-0.39, 0.29) is 23.6 Å². The van der Waals surface area contributed by atoms with Gasteiger partial charge in [0.15, 0.2) is 5.76 Å². The first-order valence-electron chi connectivity index (χ1n) is 9.96. The molecule has 0 spiro atoms. The van der Waals surface area contributed by atoms with E-state index in [1.165, 1.54) is 6.26 Å². The van der Waals surface area contributed by atoms with Gasteiger partial charge in [0.2, 0.25) is 11.8 Å². The molecule has 0 aliphatic carbocycles. The fraction of sp³-hybridized carbons (Fsp3) is 0.409. The second-order valence-electron chi connectivity index (χ2n) is 7.76. The van der Waals surface area contributed by atoms with Crippen LogP contribution in [-0.4, -0.2) is 35.7 Å². The standard InChI is InChI=1S/C22H27N3O4/c1-15(2)14-20(26)23-17-5-7-18(8-6-17)24-21(27)16-9-11-25(12-10-16)22(28)19-4-3-13-29-19/h3-8,13,15-16H,9-12,14H2,1-2H3,(H,23,26)(H,24,27). The van der Waals surface area contributed by atoms with Crippen molar-refractivity contribution < 1.29 is 18.8 Å². The average molecular weight is 397 g/mol. The van der Waals surface area contributed by atoms with Crippen molar-refractivity contribution in [1.29, 1.82) is 0 Å². The van der Waals surface area contributed by atoms with Crippen LogP contribution in [0, 0.1) is 11.8 Å². The maximum Gasteiger partial charge on any atom is 0.289 e. The van der Waals surface area contributed by atoms with E-state index in [2.05, 4.69) is 10.6 Å². The van der Waals surface area contributed by atoms with E-state index < -0.39 is 0 Å². The molecule has 1 aliphatic rings. The summed E-state index contributed by atoms with van der Waals surface area (Å²) >= 11 is 0. The zero-order valence-corrected chi connectivity index (χ0v) is 16.8. The van der Waals surface area contributed by atoms with Crippen molar-refractivity contribution in [3.05, 3.63) is 48.4 Å². The van der Waals surface area contributed by atoms with E-state index in [9.17, 15) is 14.4 Å². The molecule has 1 aromatic heterocycles. The highest BCUT2D eigenvalue weighted by Gasteiger charge is 2.28. The van der Waals surface area contributed by atoms with Crippen molar-refractivity contribution in [2.24, 2.45) is 11.8 Å². The Labute approximate surface area is 170 Å². The highest BCUT2D eigenvalue weighted by Crippen LogP contribution is 2.22. The maximum absolute atomic E-state index is 12.6. The van der Waals surface area contributed by atoms with Crippen molar-refractivity contribution in [2.45, 2.75) is 33.1 Å². The lowest BCUT2D eigenvalue weighted by Crippen LogP contribution is -2.41. The molecule has 0 bridgehead atoms. The molecule has 29 heavy (non-hydrogen) atoms. The Balaban J connectivity index is 1.47. The molecule has 7 nitrogen and oxygen atoms in total. The number of furan rings is 1. The number of hydrogen-bond donors (Lipinski definition) is 2. The number of carbonyl (C=O) groups is 3. The van der Waals surface area contributed by atoms with Crippen LogP contribution in [0.5, 0.6) is 0 Å². The van der Waals surface area contributed by atoms with Gasteiger partial charge >= 0.3 is 0 Å². The van der Waals surface area contributed by atoms with Crippen LogP contribution < -0.4 is 10.6 Å². The first kappa shape index (κ1) is 20.6. The molecular weight excluding hydrogens is 370 g/mol. The summed E-state index contributed by atoms with van der Waals surface area (Å²) < 4.78 is 5.16. The minimum absolute atomic E-state index is 0.0207. The summed E-state index contributed by atoms with van der Waals surface area (Å²) in [5, 5.41) is 5.77. The van der Waals surface area contributed by atoms with Gasteiger partial charge in [-0.2, -0.15) is 0 Å². The third kappa shape index (κ3) is 5.70. The molecule has 1 fully saturated rings. The summed E-state index contributed by atoms with van der Waals surface area (Å²) in [7, 11) is 0. The summed E-state index contributed by atoms with van der Waals surface area (Å²) in [6.07, 6.45) is 3.18. The molecule has 2 aromatic rings. The van der Waals surface area contributed by atoms with Gasteiger partial charge in [-0.15, -0.1) is 0 Å². The molecule has 0 saturated carbocycles. The Bertz CT molecular complexity index is 835. The molecule has 1 aromatic carbocycles. The quantitative estimate of drug-likeness (QED) is 0.776. The van der Waals surface area contributed by atoms with Crippen molar-refractivity contribution in [2.75, 3.05) is 23.7 Å². The number of benzene rings is 1. The summed E-state index contributed by atoms with van der Waals surface area (Å²) in [5.41, 5.74) is 1.39. The van der Waals surface area contributed by atoms with Crippen LogP contribution in [0.2, 0.25) is 0 Å². The number of likely N-dealkylation sites (tertiary alicyclic amines) is 1. The van der Waals surface area contributed by atoms with Crippen molar-refractivity contribution in [3.63, 3.8) is 0 Å². The second kappa shape index (κ2) is 9.41. The highest BCUT2D eigenvalue weighted by molar-refractivity contribution is 5.95. The maximum atomic E-state index is 12.6. The van der Waals surface area contributed by atoms with Crippen LogP contribution in [-0.2, 0) is 9.59 Å². The first-order valence-corrected chi connectivity index (χ1v) is 9.96. The Hall–Kier alpha value is -3.09. The van der Waals surface area contributed by atoms with Crippen molar-refractivity contribution in [3.8, 4) is 0 Å². The van der Waals surface area contributed by atoms with E-state index in [1.54, 1.807) is 41.3 Å². The zero-order chi connectivity index (χ0) is 20.8. The van der Waals surface area contributed by atoms with E-state index >= 15 is 0 Å². The van der Waals surface area contributed by atoms with Gasteiger partial charge in [-0.3, -0.25) is 14.4 Å². The Morgan fingerprint density at radius 2 is 1.66 bits per heavy atom. The number of piperidine rings is 1. The third-order valence-corrected chi connectivity index (χ3v) is 4.91. The van der Waals surface area contributed by atoms with Gasteiger partial charge in [-0.1, -0.05) is 13.8 Å². The molecule has 1 aliphatic heterocycles. The topological polar surface area (TPSA) is 91.7 Å². The summed E-state index contributed by atoms with van der Waals surface area (Å²) in [6.45, 7) is 5.04. The van der Waals surface area contributed by atoms with Gasteiger partial charge in [-0.05, 0) is 55.2 Å². The predicted molar refractivity (Wildman–Crippen MR) is 110 cm³/mol. The fourth-order valence-electron chi connectivity index (χ4n) is 3.36. The van der Waals surface area contributed by atoms with E-state index in [0.29, 0.717) is 55.4 Å². The number of anilines is 2. The smallest absolute Gasteiger partial charge is 0.289 e. The number of hydrogen-bond acceptors (Lipinski definition) is 4. The molecule has 154 valence electrons. The molecule has 0 unspecified atom stereocenters. The van der Waals surface area contributed by atoms with Gasteiger partial charge in [0.1, 0.15) is 0 Å². The van der Waals surface area contributed by atoms with Crippen LogP contribution in [0.15, 0.2) is 47.1 Å².